The maximum absolute atomic E-state index is 12.5. The molecule has 0 saturated heterocycles. The van der Waals surface area contributed by atoms with Crippen molar-refractivity contribution in [1.29, 1.82) is 0 Å². The monoisotopic (exact) mass is 414 g/mol. The van der Waals surface area contributed by atoms with Crippen molar-refractivity contribution < 1.29 is 14.3 Å². The van der Waals surface area contributed by atoms with E-state index in [1.54, 1.807) is 24.3 Å². The summed E-state index contributed by atoms with van der Waals surface area (Å²) in [7, 11) is 1.32. The Morgan fingerprint density at radius 3 is 2.39 bits per heavy atom. The number of nitrogens with one attached hydrogen (secondary N) is 2. The van der Waals surface area contributed by atoms with Crippen LogP contribution in [-0.2, 0) is 4.74 Å². The number of rotatable bonds is 4. The Balaban J connectivity index is 1.92. The largest absolute Gasteiger partial charge is 0.465 e. The van der Waals surface area contributed by atoms with Gasteiger partial charge in [0.15, 0.2) is 0 Å². The van der Waals surface area contributed by atoms with Crippen LogP contribution >= 0.6 is 22.9 Å². The topological polar surface area (TPSA) is 67.4 Å². The summed E-state index contributed by atoms with van der Waals surface area (Å²) < 4.78 is 4.96. The number of hydrogen-bond donors (Lipinski definition) is 2. The van der Waals surface area contributed by atoms with Crippen LogP contribution in [0, 0.1) is 13.8 Å². The highest BCUT2D eigenvalue weighted by Crippen LogP contribution is 2.38. The molecule has 1 aromatic heterocycles. The summed E-state index contributed by atoms with van der Waals surface area (Å²) >= 11 is 7.13. The maximum Gasteiger partial charge on any atom is 0.341 e. The second kappa shape index (κ2) is 8.46. The summed E-state index contributed by atoms with van der Waals surface area (Å²) in [5.74, 6) is -0.501. The molecule has 0 fully saturated rings. The van der Waals surface area contributed by atoms with E-state index in [0.29, 0.717) is 21.3 Å². The van der Waals surface area contributed by atoms with E-state index in [4.69, 9.17) is 16.3 Å². The van der Waals surface area contributed by atoms with Gasteiger partial charge in [-0.1, -0.05) is 35.4 Å². The molecule has 28 heavy (non-hydrogen) atoms. The third kappa shape index (κ3) is 4.35. The van der Waals surface area contributed by atoms with Crippen LogP contribution < -0.4 is 10.6 Å². The van der Waals surface area contributed by atoms with Crippen LogP contribution in [0.3, 0.4) is 0 Å². The number of amides is 2. The van der Waals surface area contributed by atoms with Gasteiger partial charge in [-0.05, 0) is 49.2 Å². The number of anilines is 2. The third-order valence-electron chi connectivity index (χ3n) is 4.19. The molecule has 0 aliphatic rings. The number of carbonyl (C=O) groups is 2. The predicted octanol–water partition coefficient (Wildman–Crippen LogP) is 6.12. The lowest BCUT2D eigenvalue weighted by Crippen LogP contribution is -2.20. The first kappa shape index (κ1) is 19.9. The van der Waals surface area contributed by atoms with Gasteiger partial charge in [-0.25, -0.2) is 9.59 Å². The molecular formula is C21H19ClN2O3S. The average Bonchev–Trinajstić information content (AvgIpc) is 3.08. The Morgan fingerprint density at radius 2 is 1.71 bits per heavy atom. The summed E-state index contributed by atoms with van der Waals surface area (Å²) in [6, 6.07) is 12.3. The van der Waals surface area contributed by atoms with Crippen molar-refractivity contribution in [2.24, 2.45) is 0 Å². The Bertz CT molecular complexity index is 1030. The van der Waals surface area contributed by atoms with Gasteiger partial charge in [0.1, 0.15) is 10.6 Å². The zero-order valence-electron chi connectivity index (χ0n) is 15.6. The second-order valence-corrected chi connectivity index (χ2v) is 7.57. The van der Waals surface area contributed by atoms with Crippen LogP contribution in [0.1, 0.15) is 21.5 Å². The lowest BCUT2D eigenvalue weighted by atomic mass is 9.97. The van der Waals surface area contributed by atoms with Crippen LogP contribution in [0.4, 0.5) is 15.5 Å². The summed E-state index contributed by atoms with van der Waals surface area (Å²) in [5.41, 5.74) is 4.71. The van der Waals surface area contributed by atoms with Gasteiger partial charge in [-0.2, -0.15) is 0 Å². The van der Waals surface area contributed by atoms with Crippen LogP contribution in [-0.4, -0.2) is 19.1 Å². The minimum atomic E-state index is -0.501. The first-order valence-corrected chi connectivity index (χ1v) is 9.76. The molecule has 2 N–H and O–H groups in total. The molecule has 144 valence electrons. The molecule has 3 aromatic rings. The molecule has 0 spiro atoms. The highest BCUT2D eigenvalue weighted by molar-refractivity contribution is 7.15. The van der Waals surface area contributed by atoms with Crippen molar-refractivity contribution in [3.63, 3.8) is 0 Å². The SMILES string of the molecule is COC(=O)c1c(-c2cc(C)ccc2C)csc1NC(=O)Nc1ccc(Cl)cc1. The molecule has 3 rings (SSSR count). The zero-order valence-corrected chi connectivity index (χ0v) is 17.2. The molecule has 0 aliphatic carbocycles. The van der Waals surface area contributed by atoms with E-state index in [9.17, 15) is 9.59 Å². The van der Waals surface area contributed by atoms with Gasteiger partial charge in [-0.3, -0.25) is 5.32 Å². The smallest absolute Gasteiger partial charge is 0.341 e. The minimum Gasteiger partial charge on any atom is -0.465 e. The molecule has 2 amide bonds. The van der Waals surface area contributed by atoms with Crippen molar-refractivity contribution in [3.8, 4) is 11.1 Å². The predicted molar refractivity (Wildman–Crippen MR) is 115 cm³/mol. The zero-order chi connectivity index (χ0) is 20.3. The van der Waals surface area contributed by atoms with Crippen LogP contribution in [0.25, 0.3) is 11.1 Å². The second-order valence-electron chi connectivity index (χ2n) is 6.25. The van der Waals surface area contributed by atoms with Crippen LogP contribution in [0.15, 0.2) is 47.8 Å². The van der Waals surface area contributed by atoms with E-state index < -0.39 is 12.0 Å². The molecule has 7 heteroatoms. The van der Waals surface area contributed by atoms with E-state index in [1.165, 1.54) is 18.4 Å². The number of benzene rings is 2. The number of aryl methyl sites for hydroxylation is 2. The van der Waals surface area contributed by atoms with Gasteiger partial charge in [-0.15, -0.1) is 11.3 Å². The van der Waals surface area contributed by atoms with Gasteiger partial charge < -0.3 is 10.1 Å². The molecule has 5 nitrogen and oxygen atoms in total. The molecule has 2 aromatic carbocycles. The number of ether oxygens (including phenoxy) is 1. The number of hydrogen-bond acceptors (Lipinski definition) is 4. The molecule has 0 atom stereocenters. The van der Waals surface area contributed by atoms with Crippen molar-refractivity contribution in [1.82, 2.24) is 0 Å². The first-order chi connectivity index (χ1) is 13.4. The number of methoxy groups -OCH3 is 1. The van der Waals surface area contributed by atoms with E-state index in [1.807, 2.05) is 37.4 Å². The first-order valence-electron chi connectivity index (χ1n) is 8.50. The van der Waals surface area contributed by atoms with Crippen molar-refractivity contribution >= 4 is 45.6 Å². The highest BCUT2D eigenvalue weighted by atomic mass is 35.5. The van der Waals surface area contributed by atoms with Gasteiger partial charge in [0.25, 0.3) is 0 Å². The summed E-state index contributed by atoms with van der Waals surface area (Å²) in [6.45, 7) is 3.97. The quantitative estimate of drug-likeness (QED) is 0.505. The van der Waals surface area contributed by atoms with Crippen molar-refractivity contribution in [2.45, 2.75) is 13.8 Å². The van der Waals surface area contributed by atoms with Crippen LogP contribution in [0.5, 0.6) is 0 Å². The summed E-state index contributed by atoms with van der Waals surface area (Å²) in [5, 5.41) is 8.32. The maximum atomic E-state index is 12.5. The molecule has 0 unspecified atom stereocenters. The normalized spacial score (nSPS) is 10.4. The molecule has 1 heterocycles. The van der Waals surface area contributed by atoms with Crippen molar-refractivity contribution in [3.05, 3.63) is 69.6 Å². The molecule has 0 radical (unpaired) electrons. The van der Waals surface area contributed by atoms with Gasteiger partial charge >= 0.3 is 12.0 Å². The molecule has 0 bridgehead atoms. The Hall–Kier alpha value is -2.83. The fraction of sp³-hybridized carbons (Fsp3) is 0.143. The van der Waals surface area contributed by atoms with Crippen molar-refractivity contribution in [2.75, 3.05) is 17.7 Å². The molecular weight excluding hydrogens is 396 g/mol. The number of halogens is 1. The summed E-state index contributed by atoms with van der Waals surface area (Å²) in [4.78, 5) is 24.9. The third-order valence-corrected chi connectivity index (χ3v) is 5.34. The fourth-order valence-electron chi connectivity index (χ4n) is 2.78. The number of thiophene rings is 1. The number of carbonyl (C=O) groups excluding carboxylic acids is 2. The Kier molecular flexibility index (Phi) is 6.02. The fourth-order valence-corrected chi connectivity index (χ4v) is 3.85. The number of esters is 1. The highest BCUT2D eigenvalue weighted by Gasteiger charge is 2.23. The van der Waals surface area contributed by atoms with E-state index >= 15 is 0 Å². The summed E-state index contributed by atoms with van der Waals surface area (Å²) in [6.07, 6.45) is 0. The van der Waals surface area contributed by atoms with E-state index in [0.717, 1.165) is 22.3 Å². The van der Waals surface area contributed by atoms with Gasteiger partial charge in [0, 0.05) is 21.7 Å². The lowest BCUT2D eigenvalue weighted by molar-refractivity contribution is 0.0603. The van der Waals surface area contributed by atoms with Gasteiger partial charge in [0.2, 0.25) is 0 Å². The van der Waals surface area contributed by atoms with Crippen LogP contribution in [0.2, 0.25) is 5.02 Å². The Labute approximate surface area is 172 Å². The molecule has 0 saturated carbocycles. The standard InChI is InChI=1S/C21H19ClN2O3S/c1-12-4-5-13(2)16(10-12)17-11-28-19(18(17)20(25)27-3)24-21(26)23-15-8-6-14(22)7-9-15/h4-11H,1-3H3,(H2,23,24,26). The average molecular weight is 415 g/mol. The molecule has 0 aliphatic heterocycles. The van der Waals surface area contributed by atoms with Gasteiger partial charge in [0.05, 0.1) is 7.11 Å². The van der Waals surface area contributed by atoms with E-state index in [-0.39, 0.29) is 0 Å². The minimum absolute atomic E-state index is 0.340. The number of urea groups is 1. The Morgan fingerprint density at radius 1 is 1.00 bits per heavy atom. The lowest BCUT2D eigenvalue weighted by Gasteiger charge is -2.11. The van der Waals surface area contributed by atoms with E-state index in [2.05, 4.69) is 10.6 Å².